The normalized spacial score (nSPS) is 21.9. The van der Waals surface area contributed by atoms with Gasteiger partial charge in [0.25, 0.3) is 5.91 Å². The Bertz CT molecular complexity index is 1100. The van der Waals surface area contributed by atoms with Gasteiger partial charge in [-0.25, -0.2) is 0 Å². The van der Waals surface area contributed by atoms with Crippen LogP contribution in [0.15, 0.2) is 48.5 Å². The van der Waals surface area contributed by atoms with Gasteiger partial charge in [-0.1, -0.05) is 37.1 Å². The van der Waals surface area contributed by atoms with E-state index in [0.717, 1.165) is 57.1 Å². The first kappa shape index (κ1) is 25.8. The molecule has 0 bridgehead atoms. The molecule has 2 fully saturated rings. The summed E-state index contributed by atoms with van der Waals surface area (Å²) >= 11 is 0. The fraction of sp³-hybridized carbons (Fsp3) is 0.517. The number of amides is 2. The molecule has 2 unspecified atom stereocenters. The molecule has 1 heterocycles. The number of hydrogen-bond acceptors (Lipinski definition) is 3. The number of hydrogen-bond donors (Lipinski definition) is 1. The molecule has 8 heteroatoms. The summed E-state index contributed by atoms with van der Waals surface area (Å²) in [4.78, 5) is 30.6. The number of rotatable bonds is 5. The van der Waals surface area contributed by atoms with Gasteiger partial charge in [-0.3, -0.25) is 14.5 Å². The number of carbonyl (C=O) groups excluding carboxylic acids is 2. The third-order valence-electron chi connectivity index (χ3n) is 8.25. The first-order chi connectivity index (χ1) is 17.8. The lowest BCUT2D eigenvalue weighted by molar-refractivity contribution is -0.137. The van der Waals surface area contributed by atoms with Gasteiger partial charge >= 0.3 is 6.18 Å². The molecule has 2 aromatic carbocycles. The Morgan fingerprint density at radius 1 is 0.865 bits per heavy atom. The van der Waals surface area contributed by atoms with Gasteiger partial charge in [0.2, 0.25) is 5.91 Å². The predicted octanol–water partition coefficient (Wildman–Crippen LogP) is 5.22. The number of nitrogens with one attached hydrogen (secondary N) is 1. The molecule has 2 atom stereocenters. The number of nitrogens with zero attached hydrogens (tertiary/aromatic N) is 2. The summed E-state index contributed by atoms with van der Waals surface area (Å²) in [5, 5.41) is 3.37. The molecule has 198 valence electrons. The van der Waals surface area contributed by atoms with Crippen LogP contribution in [-0.2, 0) is 17.4 Å². The van der Waals surface area contributed by atoms with Gasteiger partial charge < -0.3 is 10.2 Å². The highest BCUT2D eigenvalue weighted by Gasteiger charge is 2.38. The molecule has 1 saturated carbocycles. The van der Waals surface area contributed by atoms with E-state index in [2.05, 4.69) is 28.4 Å². The molecule has 5 nitrogen and oxygen atoms in total. The Balaban J connectivity index is 1.24. The molecular formula is C29H34F3N3O2. The Hall–Kier alpha value is -2.87. The van der Waals surface area contributed by atoms with E-state index in [4.69, 9.17) is 0 Å². The van der Waals surface area contributed by atoms with E-state index in [1.165, 1.54) is 23.3 Å². The molecule has 37 heavy (non-hydrogen) atoms. The van der Waals surface area contributed by atoms with Crippen molar-refractivity contribution in [1.82, 2.24) is 15.1 Å². The maximum atomic E-state index is 13.7. The van der Waals surface area contributed by atoms with E-state index in [1.54, 1.807) is 4.90 Å². The number of benzene rings is 2. The van der Waals surface area contributed by atoms with Crippen molar-refractivity contribution in [2.75, 3.05) is 26.2 Å². The van der Waals surface area contributed by atoms with Crippen molar-refractivity contribution >= 4 is 11.8 Å². The fourth-order valence-corrected chi connectivity index (χ4v) is 6.30. The number of piperazine rings is 1. The van der Waals surface area contributed by atoms with Gasteiger partial charge in [-0.15, -0.1) is 0 Å². The van der Waals surface area contributed by atoms with E-state index in [0.29, 0.717) is 32.1 Å². The molecule has 2 aliphatic carbocycles. The first-order valence-electron chi connectivity index (χ1n) is 13.4. The summed E-state index contributed by atoms with van der Waals surface area (Å²) in [6, 6.07) is 12.6. The minimum absolute atomic E-state index is 0.0314. The van der Waals surface area contributed by atoms with E-state index in [9.17, 15) is 22.8 Å². The monoisotopic (exact) mass is 513 g/mol. The third-order valence-corrected chi connectivity index (χ3v) is 8.25. The van der Waals surface area contributed by atoms with Crippen LogP contribution in [0.4, 0.5) is 13.2 Å². The van der Waals surface area contributed by atoms with Crippen molar-refractivity contribution < 1.29 is 22.8 Å². The van der Waals surface area contributed by atoms with Crippen LogP contribution >= 0.6 is 0 Å². The van der Waals surface area contributed by atoms with E-state index in [1.807, 2.05) is 6.07 Å². The summed E-state index contributed by atoms with van der Waals surface area (Å²) in [5.41, 5.74) is 2.02. The van der Waals surface area contributed by atoms with Gasteiger partial charge in [-0.2, -0.15) is 13.2 Å². The van der Waals surface area contributed by atoms with Crippen LogP contribution in [0.3, 0.4) is 0 Å². The molecule has 2 aromatic rings. The van der Waals surface area contributed by atoms with Crippen molar-refractivity contribution in [2.24, 2.45) is 5.92 Å². The minimum Gasteiger partial charge on any atom is -0.348 e. The summed E-state index contributed by atoms with van der Waals surface area (Å²) in [6.07, 6.45) is 2.94. The number of aryl methyl sites for hydroxylation is 1. The SMILES string of the molecule is O=C(NC1CCCc2ccccc21)C(C1CCCC1)N1CCN(C(=O)c2ccc(C(F)(F)F)cc2)CC1. The summed E-state index contributed by atoms with van der Waals surface area (Å²) < 4.78 is 38.6. The molecule has 5 rings (SSSR count). The highest BCUT2D eigenvalue weighted by Crippen LogP contribution is 2.34. The van der Waals surface area contributed by atoms with Crippen molar-refractivity contribution in [3.63, 3.8) is 0 Å². The van der Waals surface area contributed by atoms with Gasteiger partial charge in [-0.05, 0) is 73.4 Å². The zero-order valence-corrected chi connectivity index (χ0v) is 21.0. The molecule has 3 aliphatic rings. The first-order valence-corrected chi connectivity index (χ1v) is 13.4. The van der Waals surface area contributed by atoms with Crippen LogP contribution in [-0.4, -0.2) is 53.8 Å². The average Bonchev–Trinajstić information content (AvgIpc) is 3.43. The van der Waals surface area contributed by atoms with E-state index in [-0.39, 0.29) is 29.5 Å². The van der Waals surface area contributed by atoms with Crippen molar-refractivity contribution in [2.45, 2.75) is 63.2 Å². The van der Waals surface area contributed by atoms with Gasteiger partial charge in [0.05, 0.1) is 17.6 Å². The number of carbonyl (C=O) groups is 2. The molecular weight excluding hydrogens is 479 g/mol. The Labute approximate surface area is 216 Å². The van der Waals surface area contributed by atoms with E-state index >= 15 is 0 Å². The third kappa shape index (κ3) is 5.69. The highest BCUT2D eigenvalue weighted by atomic mass is 19.4. The molecule has 1 saturated heterocycles. The van der Waals surface area contributed by atoms with Crippen molar-refractivity contribution in [1.29, 1.82) is 0 Å². The largest absolute Gasteiger partial charge is 0.416 e. The lowest BCUT2D eigenvalue weighted by Gasteiger charge is -2.41. The number of halogens is 3. The van der Waals surface area contributed by atoms with Gasteiger partial charge in [0, 0.05) is 31.7 Å². The molecule has 2 amide bonds. The maximum Gasteiger partial charge on any atom is 0.416 e. The average molecular weight is 514 g/mol. The minimum atomic E-state index is -4.43. The molecule has 0 radical (unpaired) electrons. The second-order valence-corrected chi connectivity index (χ2v) is 10.5. The summed E-state index contributed by atoms with van der Waals surface area (Å²) in [7, 11) is 0. The lowest BCUT2D eigenvalue weighted by atomic mass is 9.87. The molecule has 1 N–H and O–H groups in total. The second kappa shape index (κ2) is 10.9. The van der Waals surface area contributed by atoms with Gasteiger partial charge in [0.15, 0.2) is 0 Å². The van der Waals surface area contributed by atoms with Crippen LogP contribution in [0, 0.1) is 5.92 Å². The fourth-order valence-electron chi connectivity index (χ4n) is 6.30. The van der Waals surface area contributed by atoms with Crippen molar-refractivity contribution in [3.8, 4) is 0 Å². The second-order valence-electron chi connectivity index (χ2n) is 10.5. The smallest absolute Gasteiger partial charge is 0.348 e. The van der Waals surface area contributed by atoms with Crippen LogP contribution in [0.1, 0.15) is 71.6 Å². The maximum absolute atomic E-state index is 13.7. The quantitative estimate of drug-likeness (QED) is 0.597. The predicted molar refractivity (Wildman–Crippen MR) is 135 cm³/mol. The van der Waals surface area contributed by atoms with E-state index < -0.39 is 11.7 Å². The Morgan fingerprint density at radius 2 is 1.54 bits per heavy atom. The molecule has 0 spiro atoms. The van der Waals surface area contributed by atoms with Gasteiger partial charge in [0.1, 0.15) is 0 Å². The Morgan fingerprint density at radius 3 is 2.22 bits per heavy atom. The summed E-state index contributed by atoms with van der Waals surface area (Å²) in [5.74, 6) is 0.112. The summed E-state index contributed by atoms with van der Waals surface area (Å²) in [6.45, 7) is 2.04. The van der Waals surface area contributed by atoms with Crippen LogP contribution in [0.25, 0.3) is 0 Å². The van der Waals surface area contributed by atoms with Crippen molar-refractivity contribution in [3.05, 3.63) is 70.8 Å². The number of fused-ring (bicyclic) bond motifs is 1. The zero-order valence-electron chi connectivity index (χ0n) is 21.0. The topological polar surface area (TPSA) is 52.7 Å². The zero-order chi connectivity index (χ0) is 26.0. The highest BCUT2D eigenvalue weighted by molar-refractivity contribution is 5.94. The Kier molecular flexibility index (Phi) is 7.56. The number of alkyl halides is 3. The van der Waals surface area contributed by atoms with Crippen LogP contribution < -0.4 is 5.32 Å². The molecule has 0 aromatic heterocycles. The standard InChI is InChI=1S/C29H34F3N3O2/c30-29(31,32)23-14-12-22(13-15-23)28(37)35-18-16-34(17-19-35)26(21-7-1-2-8-21)27(36)33-25-11-5-9-20-6-3-4-10-24(20)25/h3-4,6,10,12-15,21,25-26H,1-2,5,7-9,11,16-19H2,(H,33,36). The van der Waals surface area contributed by atoms with Crippen LogP contribution in [0.5, 0.6) is 0 Å². The lowest BCUT2D eigenvalue weighted by Crippen LogP contribution is -2.58. The van der Waals surface area contributed by atoms with Crippen LogP contribution in [0.2, 0.25) is 0 Å². The molecule has 1 aliphatic heterocycles.